The van der Waals surface area contributed by atoms with Crippen molar-refractivity contribution < 1.29 is 9.47 Å². The molecule has 1 N–H and O–H groups in total. The van der Waals surface area contributed by atoms with E-state index in [0.717, 1.165) is 24.4 Å². The summed E-state index contributed by atoms with van der Waals surface area (Å²) in [6, 6.07) is 1.90. The summed E-state index contributed by atoms with van der Waals surface area (Å²) in [5.74, 6) is 0.883. The molecule has 17 heavy (non-hydrogen) atoms. The standard InChI is InChI=1S/C13H22N2O2/c1-4-14-8-12-9-15-7-6-13(12)17-11(3)10-16-5-2/h6-7,9,11,14H,4-5,8,10H2,1-3H3. The zero-order valence-corrected chi connectivity index (χ0v) is 10.9. The van der Waals surface area contributed by atoms with Gasteiger partial charge < -0.3 is 14.8 Å². The van der Waals surface area contributed by atoms with Gasteiger partial charge in [0.1, 0.15) is 11.9 Å². The summed E-state index contributed by atoms with van der Waals surface area (Å²) in [4.78, 5) is 4.12. The van der Waals surface area contributed by atoms with Crippen LogP contribution in [0.15, 0.2) is 18.5 Å². The van der Waals surface area contributed by atoms with Crippen molar-refractivity contribution in [1.29, 1.82) is 0 Å². The topological polar surface area (TPSA) is 43.4 Å². The molecule has 0 saturated carbocycles. The van der Waals surface area contributed by atoms with Gasteiger partial charge in [-0.15, -0.1) is 0 Å². The third-order valence-corrected chi connectivity index (χ3v) is 2.31. The minimum absolute atomic E-state index is 0.0535. The van der Waals surface area contributed by atoms with Crippen molar-refractivity contribution in [3.05, 3.63) is 24.0 Å². The van der Waals surface area contributed by atoms with Crippen LogP contribution in [0.1, 0.15) is 26.3 Å². The van der Waals surface area contributed by atoms with Crippen LogP contribution in [0.25, 0.3) is 0 Å². The molecule has 1 aromatic rings. The molecule has 0 aromatic carbocycles. The third-order valence-electron chi connectivity index (χ3n) is 2.31. The van der Waals surface area contributed by atoms with E-state index in [0.29, 0.717) is 13.2 Å². The lowest BCUT2D eigenvalue weighted by molar-refractivity contribution is 0.0651. The van der Waals surface area contributed by atoms with E-state index >= 15 is 0 Å². The van der Waals surface area contributed by atoms with Crippen LogP contribution in [0.3, 0.4) is 0 Å². The van der Waals surface area contributed by atoms with Gasteiger partial charge in [0.15, 0.2) is 0 Å². The molecule has 1 unspecified atom stereocenters. The maximum absolute atomic E-state index is 5.84. The first kappa shape index (κ1) is 13.9. The SMILES string of the molecule is CCNCc1cnccc1OC(C)COCC. The lowest BCUT2D eigenvalue weighted by atomic mass is 10.2. The van der Waals surface area contributed by atoms with Crippen LogP contribution in [0.4, 0.5) is 0 Å². The van der Waals surface area contributed by atoms with Crippen molar-refractivity contribution in [2.75, 3.05) is 19.8 Å². The minimum Gasteiger partial charge on any atom is -0.488 e. The molecule has 4 nitrogen and oxygen atoms in total. The molecule has 1 rings (SSSR count). The molecule has 0 aliphatic heterocycles. The van der Waals surface area contributed by atoms with Crippen LogP contribution in [0, 0.1) is 0 Å². The molecule has 0 bridgehead atoms. The number of nitrogens with one attached hydrogen (secondary N) is 1. The smallest absolute Gasteiger partial charge is 0.127 e. The highest BCUT2D eigenvalue weighted by molar-refractivity contribution is 5.30. The van der Waals surface area contributed by atoms with Gasteiger partial charge in [-0.2, -0.15) is 0 Å². The Morgan fingerprint density at radius 2 is 2.24 bits per heavy atom. The van der Waals surface area contributed by atoms with E-state index < -0.39 is 0 Å². The summed E-state index contributed by atoms with van der Waals surface area (Å²) in [6.45, 7) is 9.11. The van der Waals surface area contributed by atoms with Gasteiger partial charge in [0.2, 0.25) is 0 Å². The maximum atomic E-state index is 5.84. The van der Waals surface area contributed by atoms with E-state index in [2.05, 4.69) is 17.2 Å². The minimum atomic E-state index is 0.0535. The van der Waals surface area contributed by atoms with E-state index in [1.165, 1.54) is 0 Å². The molecule has 1 heterocycles. The van der Waals surface area contributed by atoms with Crippen LogP contribution >= 0.6 is 0 Å². The zero-order valence-electron chi connectivity index (χ0n) is 10.9. The van der Waals surface area contributed by atoms with E-state index in [1.54, 1.807) is 6.20 Å². The monoisotopic (exact) mass is 238 g/mol. The van der Waals surface area contributed by atoms with Gasteiger partial charge >= 0.3 is 0 Å². The summed E-state index contributed by atoms with van der Waals surface area (Å²) in [7, 11) is 0. The Morgan fingerprint density at radius 3 is 2.94 bits per heavy atom. The van der Waals surface area contributed by atoms with Gasteiger partial charge in [-0.1, -0.05) is 6.92 Å². The van der Waals surface area contributed by atoms with E-state index in [-0.39, 0.29) is 6.10 Å². The van der Waals surface area contributed by atoms with Gasteiger partial charge in [-0.05, 0) is 26.5 Å². The summed E-state index contributed by atoms with van der Waals surface area (Å²) >= 11 is 0. The Balaban J connectivity index is 2.56. The molecule has 1 aromatic heterocycles. The van der Waals surface area contributed by atoms with Crippen molar-refractivity contribution >= 4 is 0 Å². The largest absolute Gasteiger partial charge is 0.488 e. The fraction of sp³-hybridized carbons (Fsp3) is 0.615. The van der Waals surface area contributed by atoms with Crippen LogP contribution in [0.5, 0.6) is 5.75 Å². The molecule has 0 fully saturated rings. The molecule has 96 valence electrons. The summed E-state index contributed by atoms with van der Waals surface area (Å²) in [5.41, 5.74) is 1.08. The Labute approximate surface area is 103 Å². The summed E-state index contributed by atoms with van der Waals surface area (Å²) < 4.78 is 11.2. The Hall–Kier alpha value is -1.13. The third kappa shape index (κ3) is 5.15. The van der Waals surface area contributed by atoms with Crippen LogP contribution in [0.2, 0.25) is 0 Å². The van der Waals surface area contributed by atoms with Gasteiger partial charge in [0, 0.05) is 31.1 Å². The van der Waals surface area contributed by atoms with Gasteiger partial charge in [-0.25, -0.2) is 0 Å². The van der Waals surface area contributed by atoms with E-state index in [1.807, 2.05) is 26.1 Å². The first-order valence-electron chi connectivity index (χ1n) is 6.15. The molecule has 1 atom stereocenters. The van der Waals surface area contributed by atoms with E-state index in [9.17, 15) is 0 Å². The van der Waals surface area contributed by atoms with Gasteiger partial charge in [0.05, 0.1) is 6.61 Å². The molecular formula is C13H22N2O2. The lowest BCUT2D eigenvalue weighted by Crippen LogP contribution is -2.21. The second kappa shape index (κ2) is 8.03. The highest BCUT2D eigenvalue weighted by Gasteiger charge is 2.08. The average molecular weight is 238 g/mol. The van der Waals surface area contributed by atoms with Gasteiger partial charge in [-0.3, -0.25) is 4.98 Å². The summed E-state index contributed by atoms with van der Waals surface area (Å²) in [6.07, 6.45) is 3.64. The lowest BCUT2D eigenvalue weighted by Gasteiger charge is -2.17. The summed E-state index contributed by atoms with van der Waals surface area (Å²) in [5, 5.41) is 3.27. The Morgan fingerprint density at radius 1 is 1.41 bits per heavy atom. The van der Waals surface area contributed by atoms with Crippen LogP contribution < -0.4 is 10.1 Å². The average Bonchev–Trinajstić information content (AvgIpc) is 2.35. The Kier molecular flexibility index (Phi) is 6.58. The quantitative estimate of drug-likeness (QED) is 0.752. The fourth-order valence-electron chi connectivity index (χ4n) is 1.46. The predicted molar refractivity (Wildman–Crippen MR) is 68.2 cm³/mol. The molecule has 0 saturated heterocycles. The maximum Gasteiger partial charge on any atom is 0.127 e. The van der Waals surface area contributed by atoms with E-state index in [4.69, 9.17) is 9.47 Å². The molecule has 0 spiro atoms. The number of nitrogens with zero attached hydrogens (tertiary/aromatic N) is 1. The number of ether oxygens (including phenoxy) is 2. The number of aromatic nitrogens is 1. The van der Waals surface area contributed by atoms with Crippen LogP contribution in [-0.2, 0) is 11.3 Å². The number of hydrogen-bond donors (Lipinski definition) is 1. The van der Waals surface area contributed by atoms with Crippen molar-refractivity contribution in [3.63, 3.8) is 0 Å². The highest BCUT2D eigenvalue weighted by Crippen LogP contribution is 2.17. The van der Waals surface area contributed by atoms with Gasteiger partial charge in [0.25, 0.3) is 0 Å². The van der Waals surface area contributed by atoms with Crippen molar-refractivity contribution in [2.24, 2.45) is 0 Å². The fourth-order valence-corrected chi connectivity index (χ4v) is 1.46. The van der Waals surface area contributed by atoms with Crippen LogP contribution in [-0.4, -0.2) is 30.8 Å². The van der Waals surface area contributed by atoms with Crippen molar-refractivity contribution in [3.8, 4) is 5.75 Å². The zero-order chi connectivity index (χ0) is 12.5. The molecular weight excluding hydrogens is 216 g/mol. The molecule has 0 aliphatic carbocycles. The molecule has 0 radical (unpaired) electrons. The number of pyridine rings is 1. The second-order valence-electron chi connectivity index (χ2n) is 3.85. The van der Waals surface area contributed by atoms with Crippen molar-refractivity contribution in [2.45, 2.75) is 33.4 Å². The molecule has 0 aliphatic rings. The van der Waals surface area contributed by atoms with Crippen molar-refractivity contribution in [1.82, 2.24) is 10.3 Å². The number of hydrogen-bond acceptors (Lipinski definition) is 4. The normalized spacial score (nSPS) is 12.4. The Bertz CT molecular complexity index is 318. The second-order valence-corrected chi connectivity index (χ2v) is 3.85. The highest BCUT2D eigenvalue weighted by atomic mass is 16.5. The first-order valence-corrected chi connectivity index (χ1v) is 6.15. The predicted octanol–water partition coefficient (Wildman–Crippen LogP) is 1.99. The number of rotatable bonds is 8. The molecule has 0 amide bonds. The first-order chi connectivity index (χ1) is 8.27. The molecule has 4 heteroatoms.